The summed E-state index contributed by atoms with van der Waals surface area (Å²) in [6.07, 6.45) is 8.41. The van der Waals surface area contributed by atoms with E-state index >= 15 is 0 Å². The van der Waals surface area contributed by atoms with E-state index in [2.05, 4.69) is 61.3 Å². The van der Waals surface area contributed by atoms with Crippen molar-refractivity contribution in [1.82, 2.24) is 9.88 Å². The molecule has 0 amide bonds. The number of nitrogens with zero attached hydrogens (tertiary/aromatic N) is 3. The lowest BCUT2D eigenvalue weighted by Gasteiger charge is -2.48. The SMILES string of the molecule is C=CN(CC1(OC)CCCC(C)(CN(C)CC)C1)c1ccc(C)cn1. The van der Waals surface area contributed by atoms with E-state index in [1.807, 2.05) is 19.5 Å². The molecule has 140 valence electrons. The largest absolute Gasteiger partial charge is 0.376 e. The van der Waals surface area contributed by atoms with Gasteiger partial charge in [-0.1, -0.05) is 26.5 Å². The van der Waals surface area contributed by atoms with E-state index in [1.165, 1.54) is 18.4 Å². The van der Waals surface area contributed by atoms with Gasteiger partial charge in [0.25, 0.3) is 0 Å². The molecule has 1 aliphatic rings. The van der Waals surface area contributed by atoms with Crippen LogP contribution in [0.2, 0.25) is 0 Å². The van der Waals surface area contributed by atoms with E-state index in [4.69, 9.17) is 4.74 Å². The van der Waals surface area contributed by atoms with Crippen LogP contribution in [-0.4, -0.2) is 49.3 Å². The van der Waals surface area contributed by atoms with Crippen molar-refractivity contribution in [2.75, 3.05) is 38.7 Å². The van der Waals surface area contributed by atoms with Crippen molar-refractivity contribution in [1.29, 1.82) is 0 Å². The van der Waals surface area contributed by atoms with Gasteiger partial charge >= 0.3 is 0 Å². The first-order valence-corrected chi connectivity index (χ1v) is 9.41. The zero-order valence-corrected chi connectivity index (χ0v) is 16.7. The maximum absolute atomic E-state index is 6.13. The predicted molar refractivity (Wildman–Crippen MR) is 106 cm³/mol. The maximum atomic E-state index is 6.13. The van der Waals surface area contributed by atoms with E-state index in [0.717, 1.165) is 38.3 Å². The van der Waals surface area contributed by atoms with Crippen molar-refractivity contribution in [3.63, 3.8) is 0 Å². The minimum atomic E-state index is -0.150. The lowest BCUT2D eigenvalue weighted by Crippen LogP contribution is -2.51. The van der Waals surface area contributed by atoms with Crippen molar-refractivity contribution in [2.24, 2.45) is 5.41 Å². The van der Waals surface area contributed by atoms with Crippen LogP contribution in [0, 0.1) is 12.3 Å². The van der Waals surface area contributed by atoms with E-state index in [9.17, 15) is 0 Å². The minimum absolute atomic E-state index is 0.150. The molecule has 1 saturated carbocycles. The number of anilines is 1. The molecule has 2 unspecified atom stereocenters. The van der Waals surface area contributed by atoms with E-state index in [0.29, 0.717) is 0 Å². The monoisotopic (exact) mass is 345 g/mol. The van der Waals surface area contributed by atoms with Crippen LogP contribution in [0.1, 0.15) is 45.1 Å². The van der Waals surface area contributed by atoms with E-state index in [1.54, 1.807) is 0 Å². The smallest absolute Gasteiger partial charge is 0.132 e. The molecule has 1 fully saturated rings. The Kier molecular flexibility index (Phi) is 6.64. The van der Waals surface area contributed by atoms with Crippen molar-refractivity contribution >= 4 is 5.82 Å². The number of methoxy groups -OCH3 is 1. The van der Waals surface area contributed by atoms with Crippen molar-refractivity contribution < 1.29 is 4.74 Å². The second-order valence-corrected chi connectivity index (χ2v) is 8.06. The molecule has 1 heterocycles. The molecule has 1 aliphatic carbocycles. The molecule has 0 spiro atoms. The fraction of sp³-hybridized carbons (Fsp3) is 0.667. The molecule has 0 aromatic carbocycles. The third kappa shape index (κ3) is 5.05. The number of ether oxygens (including phenoxy) is 1. The zero-order valence-electron chi connectivity index (χ0n) is 16.7. The molecule has 1 aromatic rings. The van der Waals surface area contributed by atoms with Crippen LogP contribution in [0.15, 0.2) is 31.1 Å². The summed E-state index contributed by atoms with van der Waals surface area (Å²) in [7, 11) is 4.07. The van der Waals surface area contributed by atoms with Crippen LogP contribution in [0.3, 0.4) is 0 Å². The van der Waals surface area contributed by atoms with Gasteiger partial charge in [0.1, 0.15) is 5.82 Å². The van der Waals surface area contributed by atoms with Crippen LogP contribution in [0.25, 0.3) is 0 Å². The lowest BCUT2D eigenvalue weighted by atomic mass is 9.68. The van der Waals surface area contributed by atoms with Gasteiger partial charge in [0, 0.05) is 19.9 Å². The van der Waals surface area contributed by atoms with Crippen molar-refractivity contribution in [3.8, 4) is 0 Å². The molecule has 0 bridgehead atoms. The number of aryl methyl sites for hydroxylation is 1. The Bertz CT molecular complexity index is 559. The van der Waals surface area contributed by atoms with Gasteiger partial charge < -0.3 is 14.5 Å². The highest BCUT2D eigenvalue weighted by atomic mass is 16.5. The van der Waals surface area contributed by atoms with Crippen LogP contribution in [0.5, 0.6) is 0 Å². The first-order valence-electron chi connectivity index (χ1n) is 9.41. The van der Waals surface area contributed by atoms with Gasteiger partial charge in [-0.15, -0.1) is 0 Å². The average Bonchev–Trinajstić information content (AvgIpc) is 2.60. The van der Waals surface area contributed by atoms with Gasteiger partial charge in [-0.25, -0.2) is 4.98 Å². The molecular weight excluding hydrogens is 310 g/mol. The van der Waals surface area contributed by atoms with E-state index in [-0.39, 0.29) is 11.0 Å². The molecule has 1 aromatic heterocycles. The summed E-state index contributed by atoms with van der Waals surface area (Å²) >= 11 is 0. The Balaban J connectivity index is 2.17. The van der Waals surface area contributed by atoms with Gasteiger partial charge in [0.2, 0.25) is 0 Å². The predicted octanol–water partition coefficient (Wildman–Crippen LogP) is 4.26. The first kappa shape index (κ1) is 19.9. The third-order valence-corrected chi connectivity index (χ3v) is 5.66. The quantitative estimate of drug-likeness (QED) is 0.704. The molecule has 4 heteroatoms. The summed E-state index contributed by atoms with van der Waals surface area (Å²) in [6, 6.07) is 4.16. The Morgan fingerprint density at radius 3 is 2.64 bits per heavy atom. The molecule has 4 nitrogen and oxygen atoms in total. The molecule has 0 saturated heterocycles. The molecule has 0 radical (unpaired) electrons. The fourth-order valence-corrected chi connectivity index (χ4v) is 4.24. The number of pyridine rings is 1. The van der Waals surface area contributed by atoms with E-state index < -0.39 is 0 Å². The average molecular weight is 346 g/mol. The fourth-order valence-electron chi connectivity index (χ4n) is 4.24. The van der Waals surface area contributed by atoms with Crippen LogP contribution >= 0.6 is 0 Å². The summed E-state index contributed by atoms with van der Waals surface area (Å²) < 4.78 is 6.13. The Morgan fingerprint density at radius 2 is 2.08 bits per heavy atom. The summed E-state index contributed by atoms with van der Waals surface area (Å²) in [5.74, 6) is 0.940. The van der Waals surface area contributed by atoms with Gasteiger partial charge in [-0.05, 0) is 69.4 Å². The summed E-state index contributed by atoms with van der Waals surface area (Å²) in [5.41, 5.74) is 1.30. The van der Waals surface area contributed by atoms with Gasteiger partial charge in [-0.2, -0.15) is 0 Å². The summed E-state index contributed by atoms with van der Waals surface area (Å²) in [6.45, 7) is 13.7. The summed E-state index contributed by atoms with van der Waals surface area (Å²) in [4.78, 5) is 9.12. The Labute approximate surface area is 153 Å². The van der Waals surface area contributed by atoms with Crippen molar-refractivity contribution in [3.05, 3.63) is 36.7 Å². The van der Waals surface area contributed by atoms with Crippen LogP contribution in [0.4, 0.5) is 5.82 Å². The third-order valence-electron chi connectivity index (χ3n) is 5.66. The van der Waals surface area contributed by atoms with Crippen LogP contribution in [-0.2, 0) is 4.74 Å². The van der Waals surface area contributed by atoms with Gasteiger partial charge in [-0.3, -0.25) is 0 Å². The van der Waals surface area contributed by atoms with Crippen LogP contribution < -0.4 is 4.90 Å². The van der Waals surface area contributed by atoms with Crippen molar-refractivity contribution in [2.45, 2.75) is 52.1 Å². The zero-order chi connectivity index (χ0) is 18.5. The highest BCUT2D eigenvalue weighted by molar-refractivity contribution is 5.42. The molecule has 25 heavy (non-hydrogen) atoms. The second-order valence-electron chi connectivity index (χ2n) is 8.06. The normalized spacial score (nSPS) is 26.6. The topological polar surface area (TPSA) is 28.6 Å². The molecular formula is C21H35N3O. The number of hydrogen-bond donors (Lipinski definition) is 0. The van der Waals surface area contributed by atoms with Gasteiger partial charge in [0.05, 0.1) is 12.1 Å². The number of aromatic nitrogens is 1. The molecule has 0 aliphatic heterocycles. The minimum Gasteiger partial charge on any atom is -0.376 e. The molecule has 0 N–H and O–H groups in total. The highest BCUT2D eigenvalue weighted by Gasteiger charge is 2.43. The van der Waals surface area contributed by atoms with Gasteiger partial charge in [0.15, 0.2) is 0 Å². The standard InChI is InChI=1S/C21H35N3O/c1-7-23(5)16-20(4)12-9-13-21(15-20,25-6)17-24(8-2)19-11-10-18(3)14-22-19/h8,10-11,14H,2,7,9,12-13,15-17H2,1,3-6H3. The Morgan fingerprint density at radius 1 is 1.32 bits per heavy atom. The number of rotatable bonds is 8. The second kappa shape index (κ2) is 8.33. The Hall–Kier alpha value is -1.39. The summed E-state index contributed by atoms with van der Waals surface area (Å²) in [5, 5.41) is 0. The lowest BCUT2D eigenvalue weighted by molar-refractivity contribution is -0.0750. The maximum Gasteiger partial charge on any atom is 0.132 e. The molecule has 2 rings (SSSR count). The highest BCUT2D eigenvalue weighted by Crippen LogP contribution is 2.44. The molecule has 2 atom stereocenters. The number of hydrogen-bond acceptors (Lipinski definition) is 4. The first-order chi connectivity index (χ1) is 11.9.